The van der Waals surface area contributed by atoms with Crippen LogP contribution in [0.15, 0.2) is 181 Å². The summed E-state index contributed by atoms with van der Waals surface area (Å²) in [4.78, 5) is 7.46. The number of fused-ring (bicyclic) bond motifs is 5. The Hall–Kier alpha value is -6.19. The van der Waals surface area contributed by atoms with E-state index < -0.39 is 0 Å². The maximum Gasteiger partial charge on any atom is 0.153 e. The molecule has 2 heterocycles. The molecule has 3 heteroatoms. The molecule has 6 aromatic carbocycles. The highest BCUT2D eigenvalue weighted by Gasteiger charge is 2.25. The van der Waals surface area contributed by atoms with E-state index in [0.29, 0.717) is 0 Å². The summed E-state index contributed by atoms with van der Waals surface area (Å²) in [5, 5.41) is 4.58. The highest BCUT2D eigenvalue weighted by molar-refractivity contribution is 6.19. The molecule has 1 atom stereocenters. The average Bonchev–Trinajstić information content (AvgIpc) is 3.55. The van der Waals surface area contributed by atoms with Gasteiger partial charge in [0.15, 0.2) is 5.58 Å². The summed E-state index contributed by atoms with van der Waals surface area (Å²) >= 11 is 0. The Balaban J connectivity index is 1.14. The van der Waals surface area contributed by atoms with E-state index in [1.807, 2.05) is 6.20 Å². The molecule has 1 aliphatic carbocycles. The zero-order valence-electron chi connectivity index (χ0n) is 26.3. The fourth-order valence-corrected chi connectivity index (χ4v) is 7.09. The summed E-state index contributed by atoms with van der Waals surface area (Å²) in [7, 11) is 0. The van der Waals surface area contributed by atoms with Gasteiger partial charge in [-0.15, -0.1) is 0 Å². The van der Waals surface area contributed by atoms with Crippen molar-refractivity contribution >= 4 is 49.8 Å². The van der Waals surface area contributed by atoms with Gasteiger partial charge >= 0.3 is 0 Å². The first-order valence-electron chi connectivity index (χ1n) is 16.5. The molecule has 0 fully saturated rings. The summed E-state index contributed by atoms with van der Waals surface area (Å²) in [6.45, 7) is 0. The molecule has 0 radical (unpaired) electrons. The molecule has 0 aliphatic heterocycles. The number of nitrogens with zero attached hydrogens (tertiary/aromatic N) is 2. The average molecular weight is 617 g/mol. The van der Waals surface area contributed by atoms with Crippen LogP contribution in [0.4, 0.5) is 11.5 Å². The van der Waals surface area contributed by atoms with Crippen molar-refractivity contribution in [2.24, 2.45) is 0 Å². The number of furan rings is 1. The van der Waals surface area contributed by atoms with Gasteiger partial charge in [-0.3, -0.25) is 0 Å². The van der Waals surface area contributed by atoms with E-state index in [1.54, 1.807) is 0 Å². The fraction of sp³-hybridized carbons (Fsp3) is 0.0444. The molecule has 0 spiro atoms. The number of hydrogen-bond acceptors (Lipinski definition) is 3. The van der Waals surface area contributed by atoms with Crippen LogP contribution in [0.1, 0.15) is 12.0 Å². The fourth-order valence-electron chi connectivity index (χ4n) is 7.09. The van der Waals surface area contributed by atoms with Gasteiger partial charge in [0.2, 0.25) is 0 Å². The van der Waals surface area contributed by atoms with Crippen LogP contribution in [-0.2, 0) is 0 Å². The van der Waals surface area contributed by atoms with Crippen LogP contribution in [0, 0.1) is 0 Å². The van der Waals surface area contributed by atoms with E-state index >= 15 is 0 Å². The number of para-hydroxylation sites is 1. The number of pyridine rings is 1. The first-order chi connectivity index (χ1) is 23.8. The molecule has 1 aliphatic rings. The van der Waals surface area contributed by atoms with E-state index in [0.717, 1.165) is 39.9 Å². The topological polar surface area (TPSA) is 29.3 Å². The van der Waals surface area contributed by atoms with Crippen LogP contribution >= 0.6 is 0 Å². The largest absolute Gasteiger partial charge is 0.454 e. The van der Waals surface area contributed by atoms with Crippen molar-refractivity contribution in [2.75, 3.05) is 4.90 Å². The van der Waals surface area contributed by atoms with Crippen molar-refractivity contribution in [3.63, 3.8) is 0 Å². The van der Waals surface area contributed by atoms with Crippen molar-refractivity contribution in [1.29, 1.82) is 0 Å². The predicted molar refractivity (Wildman–Crippen MR) is 200 cm³/mol. The lowest BCUT2D eigenvalue weighted by Crippen LogP contribution is -2.31. The highest BCUT2D eigenvalue weighted by atomic mass is 16.3. The molecule has 0 saturated carbocycles. The molecule has 8 aromatic rings. The molecule has 0 amide bonds. The van der Waals surface area contributed by atoms with Crippen LogP contribution in [0.3, 0.4) is 0 Å². The Labute approximate surface area is 279 Å². The minimum atomic E-state index is 0.0575. The maximum absolute atomic E-state index is 6.33. The van der Waals surface area contributed by atoms with Gasteiger partial charge in [0.25, 0.3) is 0 Å². The van der Waals surface area contributed by atoms with Crippen molar-refractivity contribution in [3.05, 3.63) is 182 Å². The first kappa shape index (κ1) is 28.1. The predicted octanol–water partition coefficient (Wildman–Crippen LogP) is 12.0. The number of aromatic nitrogens is 1. The Morgan fingerprint density at radius 2 is 1.27 bits per heavy atom. The first-order valence-corrected chi connectivity index (χ1v) is 16.5. The van der Waals surface area contributed by atoms with Gasteiger partial charge in [0.05, 0.1) is 17.9 Å². The molecule has 2 aromatic heterocycles. The van der Waals surface area contributed by atoms with Gasteiger partial charge in [-0.1, -0.05) is 152 Å². The molecule has 228 valence electrons. The summed E-state index contributed by atoms with van der Waals surface area (Å²) in [5.41, 5.74) is 10.0. The summed E-state index contributed by atoms with van der Waals surface area (Å²) in [5.74, 6) is 0.889. The van der Waals surface area contributed by atoms with Gasteiger partial charge in [-0.2, -0.15) is 0 Å². The van der Waals surface area contributed by atoms with E-state index in [4.69, 9.17) is 9.40 Å². The zero-order valence-corrected chi connectivity index (χ0v) is 26.3. The van der Waals surface area contributed by atoms with E-state index in [9.17, 15) is 0 Å². The third-order valence-corrected chi connectivity index (χ3v) is 9.46. The third-order valence-electron chi connectivity index (χ3n) is 9.46. The SMILES string of the molecule is C1=CC(N(c2cc3c(cn2)oc2ccc4ccccc4c23)c2ccccc2-c2ccccc2)CC=C1c1ccc(-c2ccccc2)cc1. The molecule has 48 heavy (non-hydrogen) atoms. The van der Waals surface area contributed by atoms with Crippen LogP contribution < -0.4 is 4.90 Å². The van der Waals surface area contributed by atoms with Crippen LogP contribution in [0.5, 0.6) is 0 Å². The molecule has 0 bridgehead atoms. The zero-order chi connectivity index (χ0) is 31.9. The number of anilines is 2. The molecular weight excluding hydrogens is 585 g/mol. The van der Waals surface area contributed by atoms with Crippen molar-refractivity contribution < 1.29 is 4.42 Å². The van der Waals surface area contributed by atoms with Gasteiger partial charge in [-0.05, 0) is 63.2 Å². The molecule has 1 unspecified atom stereocenters. The normalized spacial score (nSPS) is 14.4. The Morgan fingerprint density at radius 1 is 0.583 bits per heavy atom. The molecule has 9 rings (SSSR count). The van der Waals surface area contributed by atoms with Gasteiger partial charge in [-0.25, -0.2) is 4.98 Å². The highest BCUT2D eigenvalue weighted by Crippen LogP contribution is 2.41. The number of rotatable bonds is 6. The second-order valence-corrected chi connectivity index (χ2v) is 12.3. The lowest BCUT2D eigenvalue weighted by Gasteiger charge is -2.34. The van der Waals surface area contributed by atoms with Crippen LogP contribution in [-0.4, -0.2) is 11.0 Å². The van der Waals surface area contributed by atoms with Crippen molar-refractivity contribution in [2.45, 2.75) is 12.5 Å². The van der Waals surface area contributed by atoms with Crippen LogP contribution in [0.25, 0.3) is 60.5 Å². The quantitative estimate of drug-likeness (QED) is 0.186. The Morgan fingerprint density at radius 3 is 2.06 bits per heavy atom. The minimum Gasteiger partial charge on any atom is -0.454 e. The lowest BCUT2D eigenvalue weighted by atomic mass is 9.93. The Kier molecular flexibility index (Phi) is 6.94. The third kappa shape index (κ3) is 4.97. The molecule has 3 nitrogen and oxygen atoms in total. The monoisotopic (exact) mass is 616 g/mol. The Bertz CT molecular complexity index is 2470. The van der Waals surface area contributed by atoms with Gasteiger partial charge < -0.3 is 9.32 Å². The smallest absolute Gasteiger partial charge is 0.153 e. The molecule has 0 N–H and O–H groups in total. The molecule has 0 saturated heterocycles. The number of allylic oxidation sites excluding steroid dienone is 2. The lowest BCUT2D eigenvalue weighted by molar-refractivity contribution is 0.666. The maximum atomic E-state index is 6.33. The van der Waals surface area contributed by atoms with Crippen molar-refractivity contribution in [3.8, 4) is 22.3 Å². The summed E-state index contributed by atoms with van der Waals surface area (Å²) in [6.07, 6.45) is 9.68. The van der Waals surface area contributed by atoms with E-state index in [2.05, 4.69) is 175 Å². The number of hydrogen-bond donors (Lipinski definition) is 0. The molecular formula is C45H32N2O. The summed E-state index contributed by atoms with van der Waals surface area (Å²) in [6, 6.07) is 53.7. The van der Waals surface area contributed by atoms with Crippen molar-refractivity contribution in [1.82, 2.24) is 4.98 Å². The van der Waals surface area contributed by atoms with Gasteiger partial charge in [0, 0.05) is 16.3 Å². The second-order valence-electron chi connectivity index (χ2n) is 12.3. The minimum absolute atomic E-state index is 0.0575. The number of benzene rings is 6. The summed E-state index contributed by atoms with van der Waals surface area (Å²) < 4.78 is 6.33. The standard InChI is InChI=1S/C45H32N2O/c1-3-11-31(12-4-1)32-19-21-33(22-20-32)34-23-26-37(27-24-34)47(41-18-10-9-16-38(41)35-13-5-2-6-14-35)44-29-40-43(30-46-44)48-42-28-25-36-15-7-8-17-39(36)45(40)42/h1-26,28-30,37H,27H2. The van der Waals surface area contributed by atoms with E-state index in [1.165, 1.54) is 44.2 Å². The van der Waals surface area contributed by atoms with Gasteiger partial charge in [0.1, 0.15) is 11.4 Å². The van der Waals surface area contributed by atoms with E-state index in [-0.39, 0.29) is 6.04 Å². The second kappa shape index (κ2) is 11.9. The van der Waals surface area contributed by atoms with Crippen LogP contribution in [0.2, 0.25) is 0 Å².